The van der Waals surface area contributed by atoms with Crippen LogP contribution in [0.4, 0.5) is 0 Å². The lowest BCUT2D eigenvalue weighted by Crippen LogP contribution is -2.11. The van der Waals surface area contributed by atoms with Crippen LogP contribution in [0, 0.1) is 5.92 Å². The van der Waals surface area contributed by atoms with Crippen molar-refractivity contribution in [3.8, 4) is 0 Å². The Labute approximate surface area is 91.2 Å². The van der Waals surface area contributed by atoms with E-state index in [9.17, 15) is 0 Å². The summed E-state index contributed by atoms with van der Waals surface area (Å²) in [5, 5.41) is 9.15. The Morgan fingerprint density at radius 1 is 1.57 bits per heavy atom. The van der Waals surface area contributed by atoms with Gasteiger partial charge in [-0.25, -0.2) is 0 Å². The van der Waals surface area contributed by atoms with E-state index in [1.165, 1.54) is 0 Å². The van der Waals surface area contributed by atoms with Gasteiger partial charge in [-0.15, -0.1) is 0 Å². The fraction of sp³-hybridized carbons (Fsp3) is 0.500. The van der Waals surface area contributed by atoms with Gasteiger partial charge in [0.2, 0.25) is 0 Å². The molecule has 1 saturated heterocycles. The second kappa shape index (κ2) is 4.38. The molecule has 2 heterocycles. The highest BCUT2D eigenvalue weighted by Gasteiger charge is 2.29. The highest BCUT2D eigenvalue weighted by atomic mass is 79.9. The lowest BCUT2D eigenvalue weighted by molar-refractivity contribution is 0.0718. The molecule has 0 radical (unpaired) electrons. The van der Waals surface area contributed by atoms with E-state index in [4.69, 9.17) is 9.84 Å². The lowest BCUT2D eigenvalue weighted by Gasteiger charge is -2.16. The number of hydrogen-bond donors (Lipinski definition) is 1. The molecule has 1 N–H and O–H groups in total. The predicted molar refractivity (Wildman–Crippen MR) is 55.8 cm³/mol. The van der Waals surface area contributed by atoms with Gasteiger partial charge in [-0.05, 0) is 28.4 Å². The van der Waals surface area contributed by atoms with Crippen LogP contribution in [0.2, 0.25) is 0 Å². The summed E-state index contributed by atoms with van der Waals surface area (Å²) in [5.41, 5.74) is 1.04. The van der Waals surface area contributed by atoms with Crippen LogP contribution in [0.3, 0.4) is 0 Å². The Morgan fingerprint density at radius 2 is 2.43 bits per heavy atom. The molecule has 1 aromatic heterocycles. The standard InChI is InChI=1S/C10H12BrNO2/c11-9-3-8(4-12-5-9)10-7(6-13)1-2-14-10/h3-5,7,10,13H,1-2,6H2. The van der Waals surface area contributed by atoms with Crippen molar-refractivity contribution in [3.05, 3.63) is 28.5 Å². The molecule has 1 fully saturated rings. The normalized spacial score (nSPS) is 26.7. The lowest BCUT2D eigenvalue weighted by atomic mass is 9.97. The summed E-state index contributed by atoms with van der Waals surface area (Å²) in [5.74, 6) is 0.214. The minimum absolute atomic E-state index is 0.00463. The molecular weight excluding hydrogens is 246 g/mol. The minimum Gasteiger partial charge on any atom is -0.396 e. The average Bonchev–Trinajstić information content (AvgIpc) is 2.65. The molecule has 76 valence electrons. The van der Waals surface area contributed by atoms with Crippen molar-refractivity contribution >= 4 is 15.9 Å². The summed E-state index contributed by atoms with van der Waals surface area (Å²) < 4.78 is 6.52. The van der Waals surface area contributed by atoms with Crippen molar-refractivity contribution in [1.82, 2.24) is 4.98 Å². The molecule has 3 nitrogen and oxygen atoms in total. The third-order valence-electron chi connectivity index (χ3n) is 2.50. The van der Waals surface area contributed by atoms with E-state index in [1.54, 1.807) is 12.4 Å². The van der Waals surface area contributed by atoms with Crippen LogP contribution in [0.1, 0.15) is 18.1 Å². The fourth-order valence-corrected chi connectivity index (χ4v) is 2.16. The Balaban J connectivity index is 2.21. The highest BCUT2D eigenvalue weighted by molar-refractivity contribution is 9.10. The third-order valence-corrected chi connectivity index (χ3v) is 2.94. The van der Waals surface area contributed by atoms with Gasteiger partial charge in [-0.1, -0.05) is 0 Å². The molecule has 0 aliphatic carbocycles. The van der Waals surface area contributed by atoms with E-state index in [1.807, 2.05) is 6.07 Å². The van der Waals surface area contributed by atoms with E-state index in [2.05, 4.69) is 20.9 Å². The first-order valence-corrected chi connectivity index (χ1v) is 5.43. The molecule has 2 rings (SSSR count). The molecule has 1 aromatic rings. The van der Waals surface area contributed by atoms with Gasteiger partial charge in [0.25, 0.3) is 0 Å². The molecule has 4 heteroatoms. The molecular formula is C10H12BrNO2. The van der Waals surface area contributed by atoms with Gasteiger partial charge in [0.05, 0.1) is 6.10 Å². The van der Waals surface area contributed by atoms with Crippen molar-refractivity contribution in [2.24, 2.45) is 5.92 Å². The summed E-state index contributed by atoms with van der Waals surface area (Å²) in [4.78, 5) is 4.09. The fourth-order valence-electron chi connectivity index (χ4n) is 1.77. The van der Waals surface area contributed by atoms with Crippen LogP contribution in [0.15, 0.2) is 22.9 Å². The Hall–Kier alpha value is -0.450. The van der Waals surface area contributed by atoms with Gasteiger partial charge in [0.15, 0.2) is 0 Å². The molecule has 0 bridgehead atoms. The zero-order chi connectivity index (χ0) is 9.97. The van der Waals surface area contributed by atoms with Gasteiger partial charge in [0, 0.05) is 41.6 Å². The van der Waals surface area contributed by atoms with Gasteiger partial charge < -0.3 is 9.84 Å². The molecule has 14 heavy (non-hydrogen) atoms. The predicted octanol–water partition coefficient (Wildman–Crippen LogP) is 1.91. The van der Waals surface area contributed by atoms with E-state index in [0.29, 0.717) is 0 Å². The van der Waals surface area contributed by atoms with Crippen molar-refractivity contribution < 1.29 is 9.84 Å². The van der Waals surface area contributed by atoms with Crippen LogP contribution < -0.4 is 0 Å². The van der Waals surface area contributed by atoms with Crippen LogP contribution in [0.5, 0.6) is 0 Å². The van der Waals surface area contributed by atoms with Crippen molar-refractivity contribution in [2.45, 2.75) is 12.5 Å². The number of hydrogen-bond acceptors (Lipinski definition) is 3. The first kappa shape index (κ1) is 10.1. The zero-order valence-electron chi connectivity index (χ0n) is 7.69. The van der Waals surface area contributed by atoms with Crippen molar-refractivity contribution in [2.75, 3.05) is 13.2 Å². The summed E-state index contributed by atoms with van der Waals surface area (Å²) in [7, 11) is 0. The number of aliphatic hydroxyl groups is 1. The van der Waals surface area contributed by atoms with Crippen LogP contribution in [0.25, 0.3) is 0 Å². The summed E-state index contributed by atoms with van der Waals surface area (Å²) in [6, 6.07) is 1.99. The maximum Gasteiger partial charge on any atom is 0.0891 e. The number of nitrogens with zero attached hydrogens (tertiary/aromatic N) is 1. The number of pyridine rings is 1. The zero-order valence-corrected chi connectivity index (χ0v) is 9.27. The second-order valence-corrected chi connectivity index (χ2v) is 4.37. The molecule has 2 unspecified atom stereocenters. The number of aromatic nitrogens is 1. The number of aliphatic hydroxyl groups excluding tert-OH is 1. The van der Waals surface area contributed by atoms with Crippen molar-refractivity contribution in [1.29, 1.82) is 0 Å². The van der Waals surface area contributed by atoms with E-state index in [0.717, 1.165) is 23.1 Å². The van der Waals surface area contributed by atoms with E-state index in [-0.39, 0.29) is 18.6 Å². The number of ether oxygens (including phenoxy) is 1. The third kappa shape index (κ3) is 1.97. The van der Waals surface area contributed by atoms with E-state index < -0.39 is 0 Å². The van der Waals surface area contributed by atoms with Crippen LogP contribution in [-0.4, -0.2) is 23.3 Å². The maximum absolute atomic E-state index is 9.15. The first-order valence-electron chi connectivity index (χ1n) is 4.64. The largest absolute Gasteiger partial charge is 0.396 e. The van der Waals surface area contributed by atoms with E-state index >= 15 is 0 Å². The Kier molecular flexibility index (Phi) is 3.15. The highest BCUT2D eigenvalue weighted by Crippen LogP contribution is 2.34. The molecule has 0 spiro atoms. The molecule has 1 aliphatic rings. The molecule has 0 aromatic carbocycles. The molecule has 2 atom stereocenters. The van der Waals surface area contributed by atoms with Crippen LogP contribution in [-0.2, 0) is 4.74 Å². The van der Waals surface area contributed by atoms with Crippen LogP contribution >= 0.6 is 15.9 Å². The minimum atomic E-state index is 0.00463. The SMILES string of the molecule is OCC1CCOC1c1cncc(Br)c1. The topological polar surface area (TPSA) is 42.4 Å². The average molecular weight is 258 g/mol. The van der Waals surface area contributed by atoms with Gasteiger partial charge in [-0.2, -0.15) is 0 Å². The summed E-state index contributed by atoms with van der Waals surface area (Å²) >= 11 is 3.37. The molecule has 1 aliphatic heterocycles. The number of halogens is 1. The summed E-state index contributed by atoms with van der Waals surface area (Å²) in [6.07, 6.45) is 4.47. The smallest absolute Gasteiger partial charge is 0.0891 e. The van der Waals surface area contributed by atoms with Gasteiger partial charge in [-0.3, -0.25) is 4.98 Å². The first-order chi connectivity index (χ1) is 6.81. The number of rotatable bonds is 2. The van der Waals surface area contributed by atoms with Gasteiger partial charge in [0.1, 0.15) is 0 Å². The quantitative estimate of drug-likeness (QED) is 0.881. The monoisotopic (exact) mass is 257 g/mol. The maximum atomic E-state index is 9.15. The summed E-state index contributed by atoms with van der Waals surface area (Å²) in [6.45, 7) is 0.902. The van der Waals surface area contributed by atoms with Gasteiger partial charge >= 0.3 is 0 Å². The Morgan fingerprint density at radius 3 is 3.14 bits per heavy atom. The Bertz CT molecular complexity index is 319. The molecule has 0 saturated carbocycles. The van der Waals surface area contributed by atoms with Crippen molar-refractivity contribution in [3.63, 3.8) is 0 Å². The molecule has 0 amide bonds. The second-order valence-electron chi connectivity index (χ2n) is 3.46.